The van der Waals surface area contributed by atoms with E-state index in [-0.39, 0.29) is 17.9 Å². The quantitative estimate of drug-likeness (QED) is 0.594. The minimum atomic E-state index is -0.666. The second-order valence-electron chi connectivity index (χ2n) is 7.42. The van der Waals surface area contributed by atoms with Crippen LogP contribution in [-0.2, 0) is 9.53 Å². The zero-order valence-corrected chi connectivity index (χ0v) is 19.3. The van der Waals surface area contributed by atoms with Crippen LogP contribution in [0.4, 0.5) is 0 Å². The molecule has 0 amide bonds. The van der Waals surface area contributed by atoms with Crippen LogP contribution in [0.5, 0.6) is 5.75 Å². The number of esters is 1. The molecule has 0 fully saturated rings. The Balaban J connectivity index is 1.97. The fraction of sp³-hybridized carbons (Fsp3) is 0.208. The lowest BCUT2D eigenvalue weighted by molar-refractivity contribution is -0.139. The molecule has 1 N–H and O–H groups in total. The number of aromatic nitrogens is 1. The Morgan fingerprint density at radius 2 is 1.97 bits per heavy atom. The van der Waals surface area contributed by atoms with Gasteiger partial charge in [0.1, 0.15) is 5.75 Å². The molecule has 1 atom stereocenters. The van der Waals surface area contributed by atoms with E-state index in [0.717, 1.165) is 11.1 Å². The minimum Gasteiger partial charge on any atom is -0.507 e. The normalized spacial score (nSPS) is 16.0. The molecule has 32 heavy (non-hydrogen) atoms. The van der Waals surface area contributed by atoms with Crippen molar-refractivity contribution in [1.82, 2.24) is 4.57 Å². The van der Waals surface area contributed by atoms with Gasteiger partial charge in [-0.05, 0) is 50.6 Å². The number of phenols is 1. The van der Waals surface area contributed by atoms with Gasteiger partial charge in [0.2, 0.25) is 0 Å². The maximum Gasteiger partial charge on any atom is 0.338 e. The number of carbonyl (C=O) groups is 1. The molecule has 1 aliphatic heterocycles. The number of aromatic hydroxyl groups is 1. The molecule has 2 heterocycles. The van der Waals surface area contributed by atoms with Crippen LogP contribution < -0.4 is 14.9 Å². The molecule has 2 aromatic carbocycles. The van der Waals surface area contributed by atoms with Gasteiger partial charge in [-0.3, -0.25) is 9.36 Å². The molecule has 0 saturated heterocycles. The Morgan fingerprint density at radius 1 is 1.25 bits per heavy atom. The summed E-state index contributed by atoms with van der Waals surface area (Å²) < 4.78 is 7.18. The van der Waals surface area contributed by atoms with E-state index >= 15 is 0 Å². The number of rotatable bonds is 4. The molecule has 0 unspecified atom stereocenters. The molecule has 0 saturated carbocycles. The van der Waals surface area contributed by atoms with E-state index in [1.54, 1.807) is 32.1 Å². The minimum absolute atomic E-state index is 0.0127. The van der Waals surface area contributed by atoms with Crippen molar-refractivity contribution in [2.75, 3.05) is 6.61 Å². The number of ether oxygens (including phenoxy) is 1. The second-order valence-corrected chi connectivity index (χ2v) is 8.86. The average Bonchev–Trinajstić information content (AvgIpc) is 3.05. The van der Waals surface area contributed by atoms with Crippen molar-refractivity contribution in [3.63, 3.8) is 0 Å². The second kappa shape index (κ2) is 8.76. The van der Waals surface area contributed by atoms with Crippen LogP contribution >= 0.6 is 22.9 Å². The van der Waals surface area contributed by atoms with Crippen molar-refractivity contribution >= 4 is 35.0 Å². The molecular formula is C24H21ClN2O4S. The van der Waals surface area contributed by atoms with Crippen molar-refractivity contribution in [3.8, 4) is 5.75 Å². The third-order valence-electron chi connectivity index (χ3n) is 5.19. The Hall–Kier alpha value is -3.16. The smallest absolute Gasteiger partial charge is 0.338 e. The summed E-state index contributed by atoms with van der Waals surface area (Å²) in [7, 11) is 0. The maximum atomic E-state index is 13.5. The third kappa shape index (κ3) is 4.01. The Bertz CT molecular complexity index is 1420. The van der Waals surface area contributed by atoms with Crippen LogP contribution in [0.2, 0.25) is 5.02 Å². The summed E-state index contributed by atoms with van der Waals surface area (Å²) in [5.41, 5.74) is 2.80. The number of halogens is 1. The summed E-state index contributed by atoms with van der Waals surface area (Å²) >= 11 is 7.25. The van der Waals surface area contributed by atoms with Crippen molar-refractivity contribution in [2.24, 2.45) is 4.99 Å². The van der Waals surface area contributed by atoms with Crippen molar-refractivity contribution in [2.45, 2.75) is 26.8 Å². The SMILES string of the molecule is CCOC(=O)C1=C(C)N=c2s/c(=C/c3cc(Cl)ccc3O)c(=O)n2[C@H]1c1ccc(C)cc1. The molecule has 0 spiro atoms. The molecule has 0 bridgehead atoms. The first-order chi connectivity index (χ1) is 15.3. The van der Waals surface area contributed by atoms with E-state index in [9.17, 15) is 14.7 Å². The predicted molar refractivity (Wildman–Crippen MR) is 125 cm³/mol. The molecule has 164 valence electrons. The highest BCUT2D eigenvalue weighted by atomic mass is 35.5. The van der Waals surface area contributed by atoms with Crippen molar-refractivity contribution in [1.29, 1.82) is 0 Å². The number of hydrogen-bond acceptors (Lipinski definition) is 6. The number of hydrogen-bond donors (Lipinski definition) is 1. The van der Waals surface area contributed by atoms with Gasteiger partial charge in [0.05, 0.1) is 28.5 Å². The van der Waals surface area contributed by atoms with E-state index in [4.69, 9.17) is 16.3 Å². The van der Waals surface area contributed by atoms with Gasteiger partial charge < -0.3 is 9.84 Å². The number of benzene rings is 2. The third-order valence-corrected chi connectivity index (χ3v) is 6.40. The van der Waals surface area contributed by atoms with Crippen molar-refractivity contribution < 1.29 is 14.6 Å². The molecule has 0 aliphatic carbocycles. The highest BCUT2D eigenvalue weighted by Crippen LogP contribution is 2.31. The van der Waals surface area contributed by atoms with Crippen LogP contribution in [0.15, 0.2) is 63.5 Å². The first-order valence-electron chi connectivity index (χ1n) is 10.0. The lowest BCUT2D eigenvalue weighted by atomic mass is 9.95. The fourth-order valence-electron chi connectivity index (χ4n) is 3.64. The molecule has 8 heteroatoms. The zero-order valence-electron chi connectivity index (χ0n) is 17.8. The number of nitrogens with zero attached hydrogens (tertiary/aromatic N) is 2. The largest absolute Gasteiger partial charge is 0.507 e. The summed E-state index contributed by atoms with van der Waals surface area (Å²) in [6.45, 7) is 5.67. The Kier molecular flexibility index (Phi) is 6.04. The molecule has 4 rings (SSSR count). The van der Waals surface area contributed by atoms with Gasteiger partial charge in [-0.2, -0.15) is 0 Å². The predicted octanol–water partition coefficient (Wildman–Crippen LogP) is 3.47. The van der Waals surface area contributed by atoms with Crippen LogP contribution in [0.25, 0.3) is 6.08 Å². The molecular weight excluding hydrogens is 448 g/mol. The standard InChI is InChI=1S/C24H21ClN2O4S/c1-4-31-23(30)20-14(3)26-24-27(21(20)15-7-5-13(2)6-8-15)22(29)19(32-24)12-16-11-17(25)9-10-18(16)28/h5-12,21,28H,4H2,1-3H3/b19-12+/t21-/m0/s1. The first-order valence-corrected chi connectivity index (χ1v) is 11.2. The molecule has 6 nitrogen and oxygen atoms in total. The van der Waals surface area contributed by atoms with Gasteiger partial charge in [0, 0.05) is 10.6 Å². The van der Waals surface area contributed by atoms with Gasteiger partial charge in [-0.25, -0.2) is 9.79 Å². The Labute approximate surface area is 193 Å². The average molecular weight is 469 g/mol. The van der Waals surface area contributed by atoms with Crippen LogP contribution in [0.3, 0.4) is 0 Å². The summed E-state index contributed by atoms with van der Waals surface area (Å²) in [6, 6.07) is 11.6. The van der Waals surface area contributed by atoms with E-state index in [2.05, 4.69) is 4.99 Å². The van der Waals surface area contributed by atoms with Crippen LogP contribution in [-0.4, -0.2) is 22.2 Å². The molecule has 1 aliphatic rings. The number of fused-ring (bicyclic) bond motifs is 1. The van der Waals surface area contributed by atoms with Crippen LogP contribution in [0, 0.1) is 6.92 Å². The van der Waals surface area contributed by atoms with E-state index < -0.39 is 12.0 Å². The van der Waals surface area contributed by atoms with Crippen LogP contribution in [0.1, 0.15) is 36.6 Å². The number of allylic oxidation sites excluding steroid dienone is 1. The monoisotopic (exact) mass is 468 g/mol. The topological polar surface area (TPSA) is 80.9 Å². The van der Waals surface area contributed by atoms with E-state index in [1.807, 2.05) is 31.2 Å². The maximum absolute atomic E-state index is 13.5. The highest BCUT2D eigenvalue weighted by molar-refractivity contribution is 7.07. The first kappa shape index (κ1) is 22.0. The number of phenolic OH excluding ortho intramolecular Hbond substituents is 1. The summed E-state index contributed by atoms with van der Waals surface area (Å²) in [5, 5.41) is 10.6. The Morgan fingerprint density at radius 3 is 2.66 bits per heavy atom. The zero-order chi connectivity index (χ0) is 23.0. The number of carbonyl (C=O) groups excluding carboxylic acids is 1. The lowest BCUT2D eigenvalue weighted by Gasteiger charge is -2.24. The number of thiazole rings is 1. The summed E-state index contributed by atoms with van der Waals surface area (Å²) in [4.78, 5) is 31.4. The van der Waals surface area contributed by atoms with Gasteiger partial charge in [0.25, 0.3) is 5.56 Å². The molecule has 3 aromatic rings. The van der Waals surface area contributed by atoms with E-state index in [0.29, 0.717) is 31.2 Å². The molecule has 0 radical (unpaired) electrons. The van der Waals surface area contributed by atoms with Gasteiger partial charge >= 0.3 is 5.97 Å². The van der Waals surface area contributed by atoms with E-state index in [1.165, 1.54) is 22.0 Å². The number of aryl methyl sites for hydroxylation is 1. The summed E-state index contributed by atoms with van der Waals surface area (Å²) in [6.07, 6.45) is 1.58. The molecule has 1 aromatic heterocycles. The highest BCUT2D eigenvalue weighted by Gasteiger charge is 2.33. The van der Waals surface area contributed by atoms with Gasteiger partial charge in [-0.15, -0.1) is 0 Å². The van der Waals surface area contributed by atoms with Gasteiger partial charge in [0.15, 0.2) is 4.80 Å². The summed E-state index contributed by atoms with van der Waals surface area (Å²) in [5.74, 6) is -0.486. The van der Waals surface area contributed by atoms with Crippen molar-refractivity contribution in [3.05, 3.63) is 95.1 Å². The van der Waals surface area contributed by atoms with Gasteiger partial charge in [-0.1, -0.05) is 52.8 Å². The fourth-order valence-corrected chi connectivity index (χ4v) is 4.86. The lowest BCUT2D eigenvalue weighted by Crippen LogP contribution is -2.39.